The summed E-state index contributed by atoms with van der Waals surface area (Å²) in [6, 6.07) is 18.5. The van der Waals surface area contributed by atoms with Gasteiger partial charge in [0.05, 0.1) is 12.1 Å². The van der Waals surface area contributed by atoms with E-state index in [9.17, 15) is 19.2 Å². The number of aromatic nitrogens is 1. The van der Waals surface area contributed by atoms with E-state index in [-0.39, 0.29) is 36.2 Å². The van der Waals surface area contributed by atoms with Gasteiger partial charge in [-0.1, -0.05) is 48.5 Å². The molecule has 1 unspecified atom stereocenters. The van der Waals surface area contributed by atoms with Crippen molar-refractivity contribution in [2.45, 2.75) is 83.5 Å². The lowest BCUT2D eigenvalue weighted by Gasteiger charge is -2.37. The van der Waals surface area contributed by atoms with E-state index in [1.54, 1.807) is 18.9 Å². The Hall–Kier alpha value is -4.34. The molecule has 10 heteroatoms. The zero-order valence-corrected chi connectivity index (χ0v) is 27.5. The fraction of sp³-hybridized carbons (Fsp3) is 0.500. The summed E-state index contributed by atoms with van der Waals surface area (Å²) in [5.41, 5.74) is 1.54. The van der Waals surface area contributed by atoms with Crippen LogP contribution >= 0.6 is 0 Å². The van der Waals surface area contributed by atoms with Crippen LogP contribution in [-0.4, -0.2) is 65.2 Å². The van der Waals surface area contributed by atoms with Gasteiger partial charge in [0.2, 0.25) is 11.8 Å². The normalized spacial score (nSPS) is 23.2. The molecule has 1 saturated carbocycles. The second kappa shape index (κ2) is 14.0. The van der Waals surface area contributed by atoms with Gasteiger partial charge < -0.3 is 29.6 Å². The number of nitrogens with one attached hydrogen (secondary N) is 2. The van der Waals surface area contributed by atoms with Crippen molar-refractivity contribution in [1.29, 1.82) is 0 Å². The van der Waals surface area contributed by atoms with Crippen LogP contribution in [0.25, 0.3) is 10.9 Å². The molecule has 2 N–H and O–H groups in total. The molecule has 3 atom stereocenters. The number of benzene rings is 2. The Morgan fingerprint density at radius 3 is 2.26 bits per heavy atom. The van der Waals surface area contributed by atoms with E-state index in [1.807, 2.05) is 86.0 Å². The van der Waals surface area contributed by atoms with Crippen molar-refractivity contribution in [3.8, 4) is 0 Å². The molecule has 10 nitrogen and oxygen atoms in total. The Kier molecular flexibility index (Phi) is 10.0. The minimum Gasteiger partial charge on any atom is -0.461 e. The molecule has 3 aromatic rings. The van der Waals surface area contributed by atoms with Crippen LogP contribution in [0.4, 0.5) is 4.79 Å². The van der Waals surface area contributed by atoms with Crippen LogP contribution in [0.1, 0.15) is 87.9 Å². The lowest BCUT2D eigenvalue weighted by molar-refractivity contribution is -0.146. The number of rotatable bonds is 8. The molecule has 0 bridgehead atoms. The third-order valence-corrected chi connectivity index (χ3v) is 9.12. The van der Waals surface area contributed by atoms with Crippen molar-refractivity contribution in [3.05, 3.63) is 71.9 Å². The zero-order valence-electron chi connectivity index (χ0n) is 27.5. The van der Waals surface area contributed by atoms with E-state index in [2.05, 4.69) is 10.6 Å². The average Bonchev–Trinajstić information content (AvgIpc) is 3.62. The summed E-state index contributed by atoms with van der Waals surface area (Å²) in [5, 5.41) is 6.55. The number of hydrogen-bond acceptors (Lipinski definition) is 6. The first-order valence-corrected chi connectivity index (χ1v) is 16.3. The SMILES string of the molecule is CCOC(=O)c1cc2ccccc2n1C1C[C@@H](c2ccccc2)[C@@H](C(=O)NC)N1C(=O)[C@H]1CC[C@H](CNC(=O)OC(C)(C)C)CC1. The van der Waals surface area contributed by atoms with Crippen LogP contribution in [0.2, 0.25) is 0 Å². The number of fused-ring (bicyclic) bond motifs is 1. The summed E-state index contributed by atoms with van der Waals surface area (Å²) in [4.78, 5) is 55.8. The number of amides is 3. The van der Waals surface area contributed by atoms with Gasteiger partial charge in [0.25, 0.3) is 0 Å². The Labute approximate surface area is 270 Å². The second-order valence-corrected chi connectivity index (χ2v) is 13.3. The molecule has 0 radical (unpaired) electrons. The van der Waals surface area contributed by atoms with E-state index in [0.29, 0.717) is 31.5 Å². The number of nitrogens with zero attached hydrogens (tertiary/aromatic N) is 2. The van der Waals surface area contributed by atoms with Gasteiger partial charge in [0, 0.05) is 30.8 Å². The van der Waals surface area contributed by atoms with Crippen molar-refractivity contribution in [3.63, 3.8) is 0 Å². The van der Waals surface area contributed by atoms with E-state index in [0.717, 1.165) is 29.3 Å². The summed E-state index contributed by atoms with van der Waals surface area (Å²) in [6.45, 7) is 7.95. The lowest BCUT2D eigenvalue weighted by Crippen LogP contribution is -2.51. The first kappa shape index (κ1) is 33.0. The number of esters is 1. The standard InChI is InChI=1S/C36H46N4O6/c1-6-45-34(43)29-20-26-14-10-11-15-28(26)39(29)30-21-27(24-12-8-7-9-13-24)31(32(41)37-5)40(30)33(42)25-18-16-23(17-19-25)22-38-35(44)46-36(2,3)4/h7-15,20,23,25,27,30-31H,6,16-19,21-22H2,1-5H3,(H,37,41)(H,38,44)/t23-,25-,27-,30?,31-/m0/s1. The quantitative estimate of drug-likeness (QED) is 0.305. The molecular formula is C36H46N4O6. The van der Waals surface area contributed by atoms with Crippen LogP contribution in [0.3, 0.4) is 0 Å². The number of carbonyl (C=O) groups is 4. The van der Waals surface area contributed by atoms with Crippen molar-refractivity contribution < 1.29 is 28.7 Å². The summed E-state index contributed by atoms with van der Waals surface area (Å²) < 4.78 is 12.8. The maximum absolute atomic E-state index is 14.7. The van der Waals surface area contributed by atoms with Gasteiger partial charge in [-0.2, -0.15) is 0 Å². The fourth-order valence-electron chi connectivity index (χ4n) is 7.06. The Morgan fingerprint density at radius 1 is 0.935 bits per heavy atom. The first-order chi connectivity index (χ1) is 22.0. The number of likely N-dealkylation sites (tertiary alicyclic amines) is 1. The highest BCUT2D eigenvalue weighted by molar-refractivity contribution is 5.96. The van der Waals surface area contributed by atoms with Crippen LogP contribution in [0.5, 0.6) is 0 Å². The van der Waals surface area contributed by atoms with Crippen molar-refractivity contribution >= 4 is 34.8 Å². The van der Waals surface area contributed by atoms with Crippen LogP contribution in [0, 0.1) is 11.8 Å². The molecule has 1 aromatic heterocycles. The molecule has 1 aliphatic carbocycles. The summed E-state index contributed by atoms with van der Waals surface area (Å²) in [5.74, 6) is -1.17. The predicted molar refractivity (Wildman–Crippen MR) is 175 cm³/mol. The van der Waals surface area contributed by atoms with E-state index in [4.69, 9.17) is 9.47 Å². The molecule has 2 fully saturated rings. The average molecular weight is 631 g/mol. The first-order valence-electron chi connectivity index (χ1n) is 16.3. The molecule has 0 spiro atoms. The molecule has 1 aliphatic heterocycles. The number of hydrogen-bond donors (Lipinski definition) is 2. The largest absolute Gasteiger partial charge is 0.461 e. The second-order valence-electron chi connectivity index (χ2n) is 13.3. The van der Waals surface area contributed by atoms with Gasteiger partial charge in [-0.05, 0) is 83.4 Å². The van der Waals surface area contributed by atoms with Gasteiger partial charge >= 0.3 is 12.1 Å². The number of ether oxygens (including phenoxy) is 2. The highest BCUT2D eigenvalue weighted by atomic mass is 16.6. The molecule has 246 valence electrons. The van der Waals surface area contributed by atoms with Gasteiger partial charge in [-0.15, -0.1) is 0 Å². The minimum atomic E-state index is -0.771. The molecule has 46 heavy (non-hydrogen) atoms. The topological polar surface area (TPSA) is 119 Å². The molecule has 1 saturated heterocycles. The summed E-state index contributed by atoms with van der Waals surface area (Å²) in [6.07, 6.45) is 2.21. The van der Waals surface area contributed by atoms with Gasteiger partial charge in [-0.3, -0.25) is 9.59 Å². The highest BCUT2D eigenvalue weighted by Crippen LogP contribution is 2.46. The molecule has 3 amide bonds. The lowest BCUT2D eigenvalue weighted by atomic mass is 9.81. The molecule has 5 rings (SSSR count). The predicted octanol–water partition coefficient (Wildman–Crippen LogP) is 5.78. The Bertz CT molecular complexity index is 1550. The number of para-hydroxylation sites is 1. The molecule has 2 aromatic carbocycles. The number of likely N-dealkylation sites (N-methyl/N-ethyl adjacent to an activating group) is 1. The van der Waals surface area contributed by atoms with Crippen molar-refractivity contribution in [2.75, 3.05) is 20.2 Å². The molecular weight excluding hydrogens is 584 g/mol. The fourth-order valence-corrected chi connectivity index (χ4v) is 7.06. The Balaban J connectivity index is 1.48. The zero-order chi connectivity index (χ0) is 33.0. The van der Waals surface area contributed by atoms with Gasteiger partial charge in [0.1, 0.15) is 23.5 Å². The monoisotopic (exact) mass is 630 g/mol. The van der Waals surface area contributed by atoms with E-state index >= 15 is 0 Å². The maximum Gasteiger partial charge on any atom is 0.407 e. The number of alkyl carbamates (subject to hydrolysis) is 1. The van der Waals surface area contributed by atoms with Gasteiger partial charge in [0.15, 0.2) is 0 Å². The Morgan fingerprint density at radius 2 is 1.61 bits per heavy atom. The highest BCUT2D eigenvalue weighted by Gasteiger charge is 2.51. The van der Waals surface area contributed by atoms with Crippen molar-refractivity contribution in [1.82, 2.24) is 20.1 Å². The van der Waals surface area contributed by atoms with Crippen LogP contribution in [-0.2, 0) is 19.1 Å². The third kappa shape index (κ3) is 7.06. The van der Waals surface area contributed by atoms with E-state index < -0.39 is 29.9 Å². The van der Waals surface area contributed by atoms with Crippen LogP contribution in [0.15, 0.2) is 60.7 Å². The van der Waals surface area contributed by atoms with Gasteiger partial charge in [-0.25, -0.2) is 9.59 Å². The third-order valence-electron chi connectivity index (χ3n) is 9.12. The summed E-state index contributed by atoms with van der Waals surface area (Å²) in [7, 11) is 1.60. The maximum atomic E-state index is 14.7. The van der Waals surface area contributed by atoms with Crippen LogP contribution < -0.4 is 10.6 Å². The molecule has 2 aliphatic rings. The van der Waals surface area contributed by atoms with Crippen molar-refractivity contribution in [2.24, 2.45) is 11.8 Å². The smallest absolute Gasteiger partial charge is 0.407 e. The minimum absolute atomic E-state index is 0.0943. The summed E-state index contributed by atoms with van der Waals surface area (Å²) >= 11 is 0. The van der Waals surface area contributed by atoms with E-state index in [1.165, 1.54) is 0 Å². The number of carbonyl (C=O) groups excluding carboxylic acids is 4. The molecule has 2 heterocycles.